The molecule has 2 aromatic rings. The van der Waals surface area contributed by atoms with E-state index in [9.17, 15) is 13.2 Å². The normalized spacial score (nSPS) is 19.4. The van der Waals surface area contributed by atoms with E-state index in [0.717, 1.165) is 29.6 Å². The van der Waals surface area contributed by atoms with Gasteiger partial charge in [-0.25, -0.2) is 4.68 Å². The van der Waals surface area contributed by atoms with E-state index in [-0.39, 0.29) is 18.4 Å². The number of halogens is 4. The van der Waals surface area contributed by atoms with E-state index in [4.69, 9.17) is 11.6 Å². The van der Waals surface area contributed by atoms with Gasteiger partial charge in [-0.1, -0.05) is 23.7 Å². The highest BCUT2D eigenvalue weighted by molar-refractivity contribution is 6.30. The number of hydrogen-bond donors (Lipinski definition) is 0. The zero-order chi connectivity index (χ0) is 16.4. The third-order valence-corrected chi connectivity index (χ3v) is 4.15. The number of benzene rings is 1. The van der Waals surface area contributed by atoms with E-state index >= 15 is 0 Å². The van der Waals surface area contributed by atoms with E-state index in [2.05, 4.69) is 20.4 Å². The van der Waals surface area contributed by atoms with Gasteiger partial charge in [0, 0.05) is 11.1 Å². The first-order chi connectivity index (χ1) is 10.9. The maximum absolute atomic E-state index is 12.5. The molecular weight excluding hydrogens is 331 g/mol. The van der Waals surface area contributed by atoms with Crippen molar-refractivity contribution in [3.05, 3.63) is 40.7 Å². The Balaban J connectivity index is 1.74. The molecule has 2 heterocycles. The maximum Gasteiger partial charge on any atom is 0.408 e. The van der Waals surface area contributed by atoms with Crippen LogP contribution in [0.1, 0.15) is 30.3 Å². The van der Waals surface area contributed by atoms with Crippen LogP contribution in [-0.4, -0.2) is 37.8 Å². The number of rotatable bonds is 4. The van der Waals surface area contributed by atoms with Crippen molar-refractivity contribution in [2.75, 3.05) is 6.54 Å². The highest BCUT2D eigenvalue weighted by atomic mass is 35.5. The largest absolute Gasteiger partial charge is 0.408 e. The molecule has 1 aliphatic heterocycles. The van der Waals surface area contributed by atoms with Gasteiger partial charge in [-0.15, -0.1) is 5.10 Å². The molecular formula is C14H15ClF3N5. The molecule has 1 aromatic carbocycles. The molecule has 0 saturated carbocycles. The van der Waals surface area contributed by atoms with Crippen LogP contribution >= 0.6 is 11.6 Å². The van der Waals surface area contributed by atoms with E-state index < -0.39 is 12.7 Å². The lowest BCUT2D eigenvalue weighted by Crippen LogP contribution is -2.27. The number of aromatic nitrogens is 4. The first-order valence-electron chi connectivity index (χ1n) is 7.24. The second-order valence-corrected chi connectivity index (χ2v) is 5.98. The molecule has 0 spiro atoms. The maximum atomic E-state index is 12.5. The van der Waals surface area contributed by atoms with E-state index in [1.807, 2.05) is 24.3 Å². The molecule has 0 radical (unpaired) electrons. The highest BCUT2D eigenvalue weighted by Crippen LogP contribution is 2.33. The number of hydrogen-bond acceptors (Lipinski definition) is 4. The summed E-state index contributed by atoms with van der Waals surface area (Å²) in [6.45, 7) is -0.0860. The van der Waals surface area contributed by atoms with Crippen LogP contribution in [0.5, 0.6) is 0 Å². The minimum atomic E-state index is -4.34. The van der Waals surface area contributed by atoms with Gasteiger partial charge in [-0.05, 0) is 47.5 Å². The van der Waals surface area contributed by atoms with Gasteiger partial charge in [0.05, 0.1) is 6.54 Å². The van der Waals surface area contributed by atoms with Gasteiger partial charge in [0.25, 0.3) is 0 Å². The molecule has 1 unspecified atom stereocenters. The van der Waals surface area contributed by atoms with Crippen molar-refractivity contribution >= 4 is 11.6 Å². The van der Waals surface area contributed by atoms with Gasteiger partial charge in [0.1, 0.15) is 6.54 Å². The molecule has 5 nitrogen and oxygen atoms in total. The summed E-state index contributed by atoms with van der Waals surface area (Å²) in [6.07, 6.45) is -2.42. The lowest BCUT2D eigenvalue weighted by Gasteiger charge is -2.24. The summed E-state index contributed by atoms with van der Waals surface area (Å²) in [5.41, 5.74) is 1.10. The quantitative estimate of drug-likeness (QED) is 0.853. The zero-order valence-electron chi connectivity index (χ0n) is 12.2. The fourth-order valence-corrected chi connectivity index (χ4v) is 3.01. The zero-order valence-corrected chi connectivity index (χ0v) is 12.9. The van der Waals surface area contributed by atoms with Crippen molar-refractivity contribution in [1.29, 1.82) is 0 Å². The van der Waals surface area contributed by atoms with E-state index in [1.54, 1.807) is 0 Å². The Labute approximate surface area is 136 Å². The monoisotopic (exact) mass is 345 g/mol. The summed E-state index contributed by atoms with van der Waals surface area (Å²) >= 11 is 5.90. The van der Waals surface area contributed by atoms with Crippen molar-refractivity contribution in [2.45, 2.75) is 38.1 Å². The molecule has 0 aliphatic carbocycles. The van der Waals surface area contributed by atoms with E-state index in [0.29, 0.717) is 5.02 Å². The summed E-state index contributed by atoms with van der Waals surface area (Å²) in [5.74, 6) is 0.225. The Morgan fingerprint density at radius 2 is 1.96 bits per heavy atom. The van der Waals surface area contributed by atoms with Crippen LogP contribution in [0.3, 0.4) is 0 Å². The first kappa shape index (κ1) is 16.2. The Kier molecular flexibility index (Phi) is 4.54. The van der Waals surface area contributed by atoms with Crippen molar-refractivity contribution in [1.82, 2.24) is 25.1 Å². The third kappa shape index (κ3) is 4.00. The average Bonchev–Trinajstić information content (AvgIpc) is 3.09. The molecule has 1 aliphatic rings. The Morgan fingerprint density at radius 1 is 1.22 bits per heavy atom. The lowest BCUT2D eigenvalue weighted by atomic mass is 10.0. The molecule has 1 fully saturated rings. The molecule has 23 heavy (non-hydrogen) atoms. The van der Waals surface area contributed by atoms with Gasteiger partial charge >= 0.3 is 6.18 Å². The summed E-state index contributed by atoms with van der Waals surface area (Å²) < 4.78 is 38.5. The summed E-state index contributed by atoms with van der Waals surface area (Å²) in [7, 11) is 0. The third-order valence-electron chi connectivity index (χ3n) is 3.90. The molecule has 3 rings (SSSR count). The van der Waals surface area contributed by atoms with Gasteiger partial charge in [-0.3, -0.25) is 4.90 Å². The summed E-state index contributed by atoms with van der Waals surface area (Å²) in [6, 6.07) is 7.68. The number of tetrazole rings is 1. The molecule has 0 bridgehead atoms. The first-order valence-corrected chi connectivity index (χ1v) is 7.61. The SMILES string of the molecule is FC(F)(F)Cn1nnnc1CN1CCCC1c1ccc(Cl)cc1. The second-order valence-electron chi connectivity index (χ2n) is 5.55. The van der Waals surface area contributed by atoms with Crippen molar-refractivity contribution in [3.63, 3.8) is 0 Å². The van der Waals surface area contributed by atoms with Gasteiger partial charge in [0.2, 0.25) is 0 Å². The summed E-state index contributed by atoms with van der Waals surface area (Å²) in [5, 5.41) is 11.2. The fourth-order valence-electron chi connectivity index (χ4n) is 2.89. The molecule has 1 aromatic heterocycles. The molecule has 0 amide bonds. The van der Waals surface area contributed by atoms with Crippen LogP contribution in [0.4, 0.5) is 13.2 Å². The van der Waals surface area contributed by atoms with Crippen LogP contribution < -0.4 is 0 Å². The minimum Gasteiger partial charge on any atom is -0.289 e. The highest BCUT2D eigenvalue weighted by Gasteiger charge is 2.32. The average molecular weight is 346 g/mol. The predicted octanol–water partition coefficient (Wildman–Crippen LogP) is 3.23. The molecule has 9 heteroatoms. The summed E-state index contributed by atoms with van der Waals surface area (Å²) in [4.78, 5) is 2.10. The van der Waals surface area contributed by atoms with Crippen molar-refractivity contribution < 1.29 is 13.2 Å². The van der Waals surface area contributed by atoms with Crippen LogP contribution in [-0.2, 0) is 13.1 Å². The van der Waals surface area contributed by atoms with Crippen LogP contribution in [0.25, 0.3) is 0 Å². The van der Waals surface area contributed by atoms with Gasteiger partial charge in [0.15, 0.2) is 5.82 Å². The lowest BCUT2D eigenvalue weighted by molar-refractivity contribution is -0.143. The Hall–Kier alpha value is -1.67. The van der Waals surface area contributed by atoms with Gasteiger partial charge in [-0.2, -0.15) is 13.2 Å². The number of likely N-dealkylation sites (tertiary alicyclic amines) is 1. The smallest absolute Gasteiger partial charge is 0.289 e. The number of nitrogens with zero attached hydrogens (tertiary/aromatic N) is 5. The van der Waals surface area contributed by atoms with Crippen LogP contribution in [0, 0.1) is 0 Å². The van der Waals surface area contributed by atoms with Gasteiger partial charge < -0.3 is 0 Å². The Bertz CT molecular complexity index is 655. The van der Waals surface area contributed by atoms with E-state index in [1.165, 1.54) is 0 Å². The predicted molar refractivity (Wildman–Crippen MR) is 77.7 cm³/mol. The molecule has 1 saturated heterocycles. The molecule has 0 N–H and O–H groups in total. The Morgan fingerprint density at radius 3 is 2.65 bits per heavy atom. The fraction of sp³-hybridized carbons (Fsp3) is 0.500. The topological polar surface area (TPSA) is 46.8 Å². The van der Waals surface area contributed by atoms with Crippen molar-refractivity contribution in [3.8, 4) is 0 Å². The minimum absolute atomic E-state index is 0.142. The van der Waals surface area contributed by atoms with Crippen LogP contribution in [0.2, 0.25) is 5.02 Å². The number of alkyl halides is 3. The molecule has 1 atom stereocenters. The van der Waals surface area contributed by atoms with Crippen molar-refractivity contribution in [2.24, 2.45) is 0 Å². The van der Waals surface area contributed by atoms with Crippen LogP contribution in [0.15, 0.2) is 24.3 Å². The second kappa shape index (κ2) is 6.45. The standard InChI is InChI=1S/C14H15ClF3N5/c15-11-5-3-10(4-6-11)12-2-1-7-22(12)8-13-19-20-21-23(13)9-14(16,17)18/h3-6,12H,1-2,7-9H2. The molecule has 124 valence electrons.